The van der Waals surface area contributed by atoms with Crippen molar-refractivity contribution in [2.45, 2.75) is 0 Å². The zero-order chi connectivity index (χ0) is 14.7. The molecule has 7 heteroatoms. The lowest BCUT2D eigenvalue weighted by Gasteiger charge is -2.05. The number of nitro groups is 1. The SMILES string of the molecule is O=C(Nc1ccc(I)cc1)c1ccc([N+](=O)[O-])c(Cl)c1. The van der Waals surface area contributed by atoms with E-state index in [1.54, 1.807) is 12.1 Å². The summed E-state index contributed by atoms with van der Waals surface area (Å²) in [6.07, 6.45) is 0. The van der Waals surface area contributed by atoms with E-state index in [-0.39, 0.29) is 22.2 Å². The van der Waals surface area contributed by atoms with E-state index in [0.29, 0.717) is 5.69 Å². The highest BCUT2D eigenvalue weighted by molar-refractivity contribution is 14.1. The maximum atomic E-state index is 12.0. The molecule has 0 radical (unpaired) electrons. The third-order valence-electron chi connectivity index (χ3n) is 2.51. The summed E-state index contributed by atoms with van der Waals surface area (Å²) < 4.78 is 1.05. The molecule has 20 heavy (non-hydrogen) atoms. The molecule has 0 unspecified atom stereocenters. The van der Waals surface area contributed by atoms with E-state index in [1.807, 2.05) is 12.1 Å². The number of benzene rings is 2. The molecule has 2 aromatic rings. The molecular formula is C13H8ClIN2O3. The number of rotatable bonds is 3. The van der Waals surface area contributed by atoms with Crippen LogP contribution in [0.3, 0.4) is 0 Å². The van der Waals surface area contributed by atoms with Gasteiger partial charge in [-0.25, -0.2) is 0 Å². The highest BCUT2D eigenvalue weighted by Gasteiger charge is 2.15. The number of amides is 1. The number of carbonyl (C=O) groups excluding carboxylic acids is 1. The van der Waals surface area contributed by atoms with Crippen LogP contribution in [0.15, 0.2) is 42.5 Å². The highest BCUT2D eigenvalue weighted by Crippen LogP contribution is 2.25. The summed E-state index contributed by atoms with van der Waals surface area (Å²) in [5.74, 6) is -0.372. The number of halogens is 2. The van der Waals surface area contributed by atoms with Crippen LogP contribution in [0.2, 0.25) is 5.02 Å². The Morgan fingerprint density at radius 2 is 1.85 bits per heavy atom. The average Bonchev–Trinajstić information content (AvgIpc) is 2.40. The molecule has 0 aliphatic carbocycles. The van der Waals surface area contributed by atoms with Crippen LogP contribution in [0.5, 0.6) is 0 Å². The maximum absolute atomic E-state index is 12.0. The number of nitro benzene ring substituents is 1. The van der Waals surface area contributed by atoms with Gasteiger partial charge >= 0.3 is 0 Å². The van der Waals surface area contributed by atoms with Gasteiger partial charge in [0.25, 0.3) is 11.6 Å². The van der Waals surface area contributed by atoms with Gasteiger partial charge in [0.1, 0.15) is 5.02 Å². The van der Waals surface area contributed by atoms with Gasteiger partial charge in [-0.05, 0) is 59.0 Å². The van der Waals surface area contributed by atoms with Crippen molar-refractivity contribution in [3.8, 4) is 0 Å². The van der Waals surface area contributed by atoms with E-state index in [1.165, 1.54) is 18.2 Å². The number of anilines is 1. The Bertz CT molecular complexity index is 674. The van der Waals surface area contributed by atoms with Crippen molar-refractivity contribution in [3.63, 3.8) is 0 Å². The molecule has 1 N–H and O–H groups in total. The molecule has 0 bridgehead atoms. The van der Waals surface area contributed by atoms with Crippen molar-refractivity contribution in [3.05, 3.63) is 66.7 Å². The fourth-order valence-electron chi connectivity index (χ4n) is 1.53. The lowest BCUT2D eigenvalue weighted by atomic mass is 10.2. The quantitative estimate of drug-likeness (QED) is 0.477. The second kappa shape index (κ2) is 6.19. The van der Waals surface area contributed by atoms with Gasteiger partial charge in [0.2, 0.25) is 0 Å². The summed E-state index contributed by atoms with van der Waals surface area (Å²) in [6, 6.07) is 11.1. The zero-order valence-corrected chi connectivity index (χ0v) is 12.9. The molecule has 102 valence electrons. The van der Waals surface area contributed by atoms with Crippen LogP contribution in [0, 0.1) is 13.7 Å². The summed E-state index contributed by atoms with van der Waals surface area (Å²) in [7, 11) is 0. The number of hydrogen-bond donors (Lipinski definition) is 1. The van der Waals surface area contributed by atoms with Crippen molar-refractivity contribution in [2.75, 3.05) is 5.32 Å². The van der Waals surface area contributed by atoms with Gasteiger partial charge in [-0.15, -0.1) is 0 Å². The summed E-state index contributed by atoms with van der Waals surface area (Å²) >= 11 is 7.93. The van der Waals surface area contributed by atoms with Crippen molar-refractivity contribution in [1.82, 2.24) is 0 Å². The fourth-order valence-corrected chi connectivity index (χ4v) is 2.14. The minimum Gasteiger partial charge on any atom is -0.322 e. The standard InChI is InChI=1S/C13H8ClIN2O3/c14-11-7-8(1-6-12(11)17(19)20)13(18)16-10-4-2-9(15)3-5-10/h1-7H,(H,16,18). The molecule has 0 saturated carbocycles. The van der Waals surface area contributed by atoms with Crippen LogP contribution in [-0.2, 0) is 0 Å². The maximum Gasteiger partial charge on any atom is 0.287 e. The molecule has 0 heterocycles. The predicted octanol–water partition coefficient (Wildman–Crippen LogP) is 4.11. The Balaban J connectivity index is 2.19. The van der Waals surface area contributed by atoms with Crippen LogP contribution in [0.25, 0.3) is 0 Å². The fraction of sp³-hybridized carbons (Fsp3) is 0. The third kappa shape index (κ3) is 3.45. The lowest BCUT2D eigenvalue weighted by molar-refractivity contribution is -0.384. The number of nitrogens with zero attached hydrogens (tertiary/aromatic N) is 1. The van der Waals surface area contributed by atoms with Crippen LogP contribution < -0.4 is 5.32 Å². The molecule has 0 saturated heterocycles. The number of hydrogen-bond acceptors (Lipinski definition) is 3. The molecule has 0 aliphatic heterocycles. The van der Waals surface area contributed by atoms with Gasteiger partial charge in [-0.3, -0.25) is 14.9 Å². The average molecular weight is 403 g/mol. The van der Waals surface area contributed by atoms with Crippen molar-refractivity contribution in [2.24, 2.45) is 0 Å². The molecule has 2 aromatic carbocycles. The first-order chi connectivity index (χ1) is 9.47. The van der Waals surface area contributed by atoms with Crippen LogP contribution in [0.4, 0.5) is 11.4 Å². The minimum atomic E-state index is -0.594. The van der Waals surface area contributed by atoms with Gasteiger partial charge < -0.3 is 5.32 Å². The van der Waals surface area contributed by atoms with E-state index in [9.17, 15) is 14.9 Å². The number of carbonyl (C=O) groups is 1. The van der Waals surface area contributed by atoms with E-state index in [0.717, 1.165) is 3.57 Å². The zero-order valence-electron chi connectivity index (χ0n) is 9.97. The molecule has 0 fully saturated rings. The Morgan fingerprint density at radius 3 is 2.40 bits per heavy atom. The van der Waals surface area contributed by atoms with Gasteiger partial charge in [-0.2, -0.15) is 0 Å². The molecule has 0 aromatic heterocycles. The Labute approximate surface area is 133 Å². The first-order valence-corrected chi connectivity index (χ1v) is 6.94. The number of nitrogens with one attached hydrogen (secondary N) is 1. The molecule has 5 nitrogen and oxygen atoms in total. The summed E-state index contributed by atoms with van der Waals surface area (Å²) in [5.41, 5.74) is 0.682. The second-order valence-electron chi connectivity index (χ2n) is 3.88. The van der Waals surface area contributed by atoms with Crippen molar-refractivity contribution < 1.29 is 9.72 Å². The summed E-state index contributed by atoms with van der Waals surface area (Å²) in [4.78, 5) is 22.0. The van der Waals surface area contributed by atoms with Gasteiger partial charge in [0.05, 0.1) is 4.92 Å². The highest BCUT2D eigenvalue weighted by atomic mass is 127. The topological polar surface area (TPSA) is 72.2 Å². The van der Waals surface area contributed by atoms with Gasteiger partial charge in [0.15, 0.2) is 0 Å². The Hall–Kier alpha value is -1.67. The minimum absolute atomic E-state index is 0.0646. The van der Waals surface area contributed by atoms with Crippen LogP contribution >= 0.6 is 34.2 Å². The molecule has 0 atom stereocenters. The van der Waals surface area contributed by atoms with E-state index >= 15 is 0 Å². The van der Waals surface area contributed by atoms with Crippen LogP contribution in [-0.4, -0.2) is 10.8 Å². The Kier molecular flexibility index (Phi) is 4.56. The monoisotopic (exact) mass is 402 g/mol. The predicted molar refractivity (Wildman–Crippen MR) is 85.2 cm³/mol. The molecular weight excluding hydrogens is 395 g/mol. The van der Waals surface area contributed by atoms with Crippen molar-refractivity contribution >= 4 is 51.5 Å². The van der Waals surface area contributed by atoms with E-state index in [2.05, 4.69) is 27.9 Å². The van der Waals surface area contributed by atoms with Gasteiger partial charge in [-0.1, -0.05) is 11.6 Å². The molecule has 0 aliphatic rings. The van der Waals surface area contributed by atoms with E-state index in [4.69, 9.17) is 11.6 Å². The Morgan fingerprint density at radius 1 is 1.20 bits per heavy atom. The summed E-state index contributed by atoms with van der Waals surface area (Å²) in [5, 5.41) is 13.3. The van der Waals surface area contributed by atoms with Gasteiger partial charge in [0, 0.05) is 20.9 Å². The largest absolute Gasteiger partial charge is 0.322 e. The first-order valence-electron chi connectivity index (χ1n) is 5.48. The smallest absolute Gasteiger partial charge is 0.287 e. The summed E-state index contributed by atoms with van der Waals surface area (Å²) in [6.45, 7) is 0. The van der Waals surface area contributed by atoms with E-state index < -0.39 is 4.92 Å². The molecule has 1 amide bonds. The normalized spacial score (nSPS) is 10.1. The van der Waals surface area contributed by atoms with Crippen LogP contribution in [0.1, 0.15) is 10.4 Å². The first kappa shape index (κ1) is 14.7. The second-order valence-corrected chi connectivity index (χ2v) is 5.54. The van der Waals surface area contributed by atoms with Crippen molar-refractivity contribution in [1.29, 1.82) is 0 Å². The third-order valence-corrected chi connectivity index (χ3v) is 3.53. The molecule has 0 spiro atoms. The molecule has 2 rings (SSSR count). The lowest BCUT2D eigenvalue weighted by Crippen LogP contribution is -2.11.